The molecule has 0 heterocycles. The number of nitrogens with zero attached hydrogens (tertiary/aromatic N) is 1. The second-order valence-corrected chi connectivity index (χ2v) is 9.74. The Morgan fingerprint density at radius 1 is 1.09 bits per heavy atom. The highest BCUT2D eigenvalue weighted by atomic mass is 79.9. The number of amides is 2. The summed E-state index contributed by atoms with van der Waals surface area (Å²) in [5.41, 5.74) is 2.51. The molecule has 0 saturated heterocycles. The molecule has 7 heteroatoms. The third-order valence-corrected chi connectivity index (χ3v) is 6.18. The first-order chi connectivity index (χ1) is 14.9. The minimum Gasteiger partial charge on any atom is -0.497 e. The standard InChI is InChI=1S/C25H33BrN2O4/c1-16-11-21(12-17(2)23(16)26)32-15-22(29)28(18(3)24(30)27-25(4,5)6)14-19-9-8-10-20(13-19)31-7/h8-13,18H,14-15H2,1-7H3,(H,27,30). The molecule has 32 heavy (non-hydrogen) atoms. The van der Waals surface area contributed by atoms with Crippen molar-refractivity contribution in [3.8, 4) is 11.5 Å². The van der Waals surface area contributed by atoms with Crippen molar-refractivity contribution in [1.29, 1.82) is 0 Å². The molecule has 0 spiro atoms. The maximum Gasteiger partial charge on any atom is 0.261 e. The van der Waals surface area contributed by atoms with Gasteiger partial charge in [-0.15, -0.1) is 0 Å². The fourth-order valence-corrected chi connectivity index (χ4v) is 3.47. The number of rotatable bonds is 8. The molecule has 0 aliphatic carbocycles. The van der Waals surface area contributed by atoms with Crippen LogP contribution in [0.5, 0.6) is 11.5 Å². The normalized spacial score (nSPS) is 12.1. The molecular weight excluding hydrogens is 472 g/mol. The van der Waals surface area contributed by atoms with Crippen LogP contribution in [0.4, 0.5) is 0 Å². The van der Waals surface area contributed by atoms with E-state index in [1.165, 1.54) is 4.90 Å². The molecule has 0 aromatic heterocycles. The quantitative estimate of drug-likeness (QED) is 0.561. The highest BCUT2D eigenvalue weighted by molar-refractivity contribution is 9.10. The Hall–Kier alpha value is -2.54. The van der Waals surface area contributed by atoms with Gasteiger partial charge in [0, 0.05) is 16.6 Å². The first kappa shape index (κ1) is 25.7. The lowest BCUT2D eigenvalue weighted by Gasteiger charge is -2.31. The first-order valence-electron chi connectivity index (χ1n) is 10.5. The number of carbonyl (C=O) groups is 2. The Balaban J connectivity index is 2.23. The van der Waals surface area contributed by atoms with E-state index in [-0.39, 0.29) is 25.0 Å². The molecule has 0 aliphatic heterocycles. The van der Waals surface area contributed by atoms with Crippen LogP contribution >= 0.6 is 15.9 Å². The summed E-state index contributed by atoms with van der Waals surface area (Å²) in [4.78, 5) is 27.6. The van der Waals surface area contributed by atoms with E-state index in [2.05, 4.69) is 21.2 Å². The van der Waals surface area contributed by atoms with Crippen molar-refractivity contribution in [3.63, 3.8) is 0 Å². The van der Waals surface area contributed by atoms with Gasteiger partial charge in [0.2, 0.25) is 5.91 Å². The highest BCUT2D eigenvalue weighted by Gasteiger charge is 2.28. The number of carbonyl (C=O) groups excluding carboxylic acids is 2. The van der Waals surface area contributed by atoms with Crippen LogP contribution in [0, 0.1) is 13.8 Å². The molecule has 2 rings (SSSR count). The predicted octanol–water partition coefficient (Wildman–Crippen LogP) is 4.79. The van der Waals surface area contributed by atoms with Crippen molar-refractivity contribution in [2.45, 2.75) is 59.7 Å². The zero-order chi connectivity index (χ0) is 24.1. The average Bonchev–Trinajstić information content (AvgIpc) is 2.72. The lowest BCUT2D eigenvalue weighted by Crippen LogP contribution is -2.53. The second kappa shape index (κ2) is 10.9. The maximum atomic E-state index is 13.2. The van der Waals surface area contributed by atoms with E-state index < -0.39 is 11.6 Å². The minimum atomic E-state index is -0.676. The molecule has 1 atom stereocenters. The van der Waals surface area contributed by atoms with Gasteiger partial charge in [-0.2, -0.15) is 0 Å². The molecule has 1 unspecified atom stereocenters. The Bertz CT molecular complexity index is 946. The van der Waals surface area contributed by atoms with Crippen molar-refractivity contribution in [1.82, 2.24) is 10.2 Å². The van der Waals surface area contributed by atoms with Gasteiger partial charge in [-0.25, -0.2) is 0 Å². The van der Waals surface area contributed by atoms with E-state index in [1.54, 1.807) is 14.0 Å². The van der Waals surface area contributed by atoms with Gasteiger partial charge in [0.15, 0.2) is 6.61 Å². The minimum absolute atomic E-state index is 0.169. The van der Waals surface area contributed by atoms with Gasteiger partial charge in [-0.05, 0) is 82.5 Å². The van der Waals surface area contributed by atoms with Gasteiger partial charge >= 0.3 is 0 Å². The van der Waals surface area contributed by atoms with Gasteiger partial charge < -0.3 is 19.7 Å². The molecule has 2 aromatic rings. The largest absolute Gasteiger partial charge is 0.497 e. The van der Waals surface area contributed by atoms with Crippen LogP contribution in [0.1, 0.15) is 44.4 Å². The highest BCUT2D eigenvalue weighted by Crippen LogP contribution is 2.26. The van der Waals surface area contributed by atoms with Crippen LogP contribution in [0.2, 0.25) is 0 Å². The van der Waals surface area contributed by atoms with Crippen LogP contribution in [-0.2, 0) is 16.1 Å². The summed E-state index contributed by atoms with van der Waals surface area (Å²) in [5, 5.41) is 2.95. The summed E-state index contributed by atoms with van der Waals surface area (Å²) in [6.45, 7) is 11.5. The number of halogens is 1. The van der Waals surface area contributed by atoms with E-state index >= 15 is 0 Å². The summed E-state index contributed by atoms with van der Waals surface area (Å²) < 4.78 is 12.1. The van der Waals surface area contributed by atoms with E-state index in [9.17, 15) is 9.59 Å². The zero-order valence-corrected chi connectivity index (χ0v) is 21.5. The third kappa shape index (κ3) is 7.26. The first-order valence-corrected chi connectivity index (χ1v) is 11.3. The van der Waals surface area contributed by atoms with Crippen LogP contribution in [0.3, 0.4) is 0 Å². The van der Waals surface area contributed by atoms with Crippen molar-refractivity contribution < 1.29 is 19.1 Å². The van der Waals surface area contributed by atoms with E-state index in [0.29, 0.717) is 11.5 Å². The summed E-state index contributed by atoms with van der Waals surface area (Å²) in [7, 11) is 1.59. The predicted molar refractivity (Wildman–Crippen MR) is 130 cm³/mol. The summed E-state index contributed by atoms with van der Waals surface area (Å²) in [5.74, 6) is 0.815. The fraction of sp³-hybridized carbons (Fsp3) is 0.440. The van der Waals surface area contributed by atoms with Crippen molar-refractivity contribution >= 4 is 27.7 Å². The topological polar surface area (TPSA) is 67.9 Å². The van der Waals surface area contributed by atoms with E-state index in [0.717, 1.165) is 21.2 Å². The summed E-state index contributed by atoms with van der Waals surface area (Å²) in [6.07, 6.45) is 0. The number of ether oxygens (including phenoxy) is 2. The van der Waals surface area contributed by atoms with Crippen LogP contribution in [-0.4, -0.2) is 42.0 Å². The van der Waals surface area contributed by atoms with Crippen molar-refractivity contribution in [3.05, 3.63) is 57.6 Å². The number of aryl methyl sites for hydroxylation is 2. The van der Waals surface area contributed by atoms with Gasteiger partial charge in [0.05, 0.1) is 7.11 Å². The molecule has 0 saturated carbocycles. The van der Waals surface area contributed by atoms with Crippen LogP contribution < -0.4 is 14.8 Å². The molecule has 0 fully saturated rings. The molecule has 174 valence electrons. The lowest BCUT2D eigenvalue weighted by atomic mass is 10.1. The Kier molecular flexibility index (Phi) is 8.73. The second-order valence-electron chi connectivity index (χ2n) is 8.95. The molecule has 2 amide bonds. The van der Waals surface area contributed by atoms with Crippen molar-refractivity contribution in [2.24, 2.45) is 0 Å². The SMILES string of the molecule is COc1cccc(CN(C(=O)COc2cc(C)c(Br)c(C)c2)C(C)C(=O)NC(C)(C)C)c1. The molecule has 0 bridgehead atoms. The van der Waals surface area contributed by atoms with E-state index in [4.69, 9.17) is 9.47 Å². The van der Waals surface area contributed by atoms with Crippen molar-refractivity contribution in [2.75, 3.05) is 13.7 Å². The number of methoxy groups -OCH3 is 1. The number of nitrogens with one attached hydrogen (secondary N) is 1. The Labute approximate surface area is 199 Å². The molecule has 6 nitrogen and oxygen atoms in total. The molecule has 2 aromatic carbocycles. The monoisotopic (exact) mass is 504 g/mol. The lowest BCUT2D eigenvalue weighted by molar-refractivity contribution is -0.142. The van der Waals surface area contributed by atoms with Gasteiger partial charge in [-0.1, -0.05) is 28.1 Å². The Morgan fingerprint density at radius 2 is 1.72 bits per heavy atom. The smallest absolute Gasteiger partial charge is 0.261 e. The fourth-order valence-electron chi connectivity index (χ4n) is 3.24. The number of hydrogen-bond acceptors (Lipinski definition) is 4. The molecule has 0 radical (unpaired) electrons. The van der Waals surface area contributed by atoms with E-state index in [1.807, 2.05) is 71.0 Å². The van der Waals surface area contributed by atoms with Gasteiger partial charge in [-0.3, -0.25) is 9.59 Å². The van der Waals surface area contributed by atoms with Gasteiger partial charge in [0.1, 0.15) is 17.5 Å². The number of hydrogen-bond donors (Lipinski definition) is 1. The number of benzene rings is 2. The summed E-state index contributed by atoms with van der Waals surface area (Å²) >= 11 is 3.54. The van der Waals surface area contributed by atoms with Gasteiger partial charge in [0.25, 0.3) is 5.91 Å². The van der Waals surface area contributed by atoms with Crippen LogP contribution in [0.25, 0.3) is 0 Å². The average molecular weight is 505 g/mol. The Morgan fingerprint density at radius 3 is 2.28 bits per heavy atom. The summed E-state index contributed by atoms with van der Waals surface area (Å²) in [6, 6.07) is 10.5. The van der Waals surface area contributed by atoms with Crippen LogP contribution in [0.15, 0.2) is 40.9 Å². The molecule has 1 N–H and O–H groups in total. The maximum absolute atomic E-state index is 13.2. The third-order valence-electron chi connectivity index (χ3n) is 4.92. The molecular formula is C25H33BrN2O4. The molecule has 0 aliphatic rings. The zero-order valence-electron chi connectivity index (χ0n) is 19.9.